The molecule has 1 aromatic carbocycles. The van der Waals surface area contributed by atoms with Gasteiger partial charge in [0.25, 0.3) is 0 Å². The number of hydrogen-bond acceptors (Lipinski definition) is 3. The highest BCUT2D eigenvalue weighted by atomic mass is 79.9. The third kappa shape index (κ3) is 2.08. The molecule has 0 aliphatic carbocycles. The summed E-state index contributed by atoms with van der Waals surface area (Å²) in [6.45, 7) is 0. The normalized spacial score (nSPS) is 10.5. The zero-order chi connectivity index (χ0) is 12.6. The van der Waals surface area contributed by atoms with Crippen LogP contribution in [0.15, 0.2) is 27.5 Å². The summed E-state index contributed by atoms with van der Waals surface area (Å²) in [4.78, 5) is 26.0. The molecule has 2 rings (SSSR count). The molecule has 1 aromatic heterocycles. The molecule has 0 spiro atoms. The fourth-order valence-corrected chi connectivity index (χ4v) is 2.08. The average Bonchev–Trinajstić information content (AvgIpc) is 2.33. The lowest BCUT2D eigenvalue weighted by Gasteiger charge is -2.05. The molecule has 0 atom stereocenters. The predicted molar refractivity (Wildman–Crippen MR) is 68.6 cm³/mol. The van der Waals surface area contributed by atoms with E-state index in [1.165, 1.54) is 13.2 Å². The minimum atomic E-state index is -0.601. The highest BCUT2D eigenvalue weighted by Crippen LogP contribution is 2.28. The predicted octanol–water partition coefficient (Wildman–Crippen LogP) is 2.73. The van der Waals surface area contributed by atoms with Crippen molar-refractivity contribution in [2.45, 2.75) is 0 Å². The van der Waals surface area contributed by atoms with Gasteiger partial charge in [-0.05, 0) is 28.1 Å². The zero-order valence-corrected chi connectivity index (χ0v) is 11.1. The molecule has 0 aliphatic heterocycles. The molecule has 0 fully saturated rings. The van der Waals surface area contributed by atoms with Crippen molar-refractivity contribution in [3.05, 3.63) is 43.6 Å². The Kier molecular flexibility index (Phi) is 3.22. The van der Waals surface area contributed by atoms with Crippen LogP contribution in [0.4, 0.5) is 0 Å². The van der Waals surface area contributed by atoms with Gasteiger partial charge < -0.3 is 9.72 Å². The zero-order valence-electron chi connectivity index (χ0n) is 8.71. The number of halogens is 2. The summed E-state index contributed by atoms with van der Waals surface area (Å²) in [5.41, 5.74) is 0.301. The number of carbonyl (C=O) groups is 1. The van der Waals surface area contributed by atoms with E-state index in [0.717, 1.165) is 0 Å². The van der Waals surface area contributed by atoms with E-state index >= 15 is 0 Å². The third-order valence-electron chi connectivity index (χ3n) is 2.30. The van der Waals surface area contributed by atoms with Crippen molar-refractivity contribution in [2.75, 3.05) is 7.11 Å². The smallest absolute Gasteiger partial charge is 0.354 e. The molecule has 6 heteroatoms. The SMILES string of the molecule is COC(=O)c1cc(=O)c2ccc(Cl)c(Br)c2[nH]1. The Morgan fingerprint density at radius 3 is 2.82 bits per heavy atom. The molecule has 0 bridgehead atoms. The van der Waals surface area contributed by atoms with Crippen LogP contribution in [0.5, 0.6) is 0 Å². The summed E-state index contributed by atoms with van der Waals surface area (Å²) >= 11 is 9.19. The number of fused-ring (bicyclic) bond motifs is 1. The second-order valence-electron chi connectivity index (χ2n) is 3.32. The minimum Gasteiger partial charge on any atom is -0.464 e. The molecular weight excluding hydrogens is 309 g/mol. The van der Waals surface area contributed by atoms with Crippen LogP contribution in [0.2, 0.25) is 5.02 Å². The van der Waals surface area contributed by atoms with Gasteiger partial charge in [0.1, 0.15) is 5.69 Å². The number of hydrogen-bond donors (Lipinski definition) is 1. The Morgan fingerprint density at radius 1 is 1.47 bits per heavy atom. The number of carbonyl (C=O) groups excluding carboxylic acids is 1. The first kappa shape index (κ1) is 12.1. The Hall–Kier alpha value is -1.33. The lowest BCUT2D eigenvalue weighted by atomic mass is 10.2. The molecular formula is C11H7BrClNO3. The summed E-state index contributed by atoms with van der Waals surface area (Å²) in [7, 11) is 1.25. The van der Waals surface area contributed by atoms with E-state index in [2.05, 4.69) is 25.7 Å². The number of esters is 1. The summed E-state index contributed by atoms with van der Waals surface area (Å²) in [5, 5.41) is 0.907. The summed E-state index contributed by atoms with van der Waals surface area (Å²) < 4.78 is 5.09. The Balaban J connectivity index is 2.84. The van der Waals surface area contributed by atoms with Gasteiger partial charge in [-0.2, -0.15) is 0 Å². The maximum atomic E-state index is 11.8. The maximum absolute atomic E-state index is 11.8. The van der Waals surface area contributed by atoms with Crippen molar-refractivity contribution in [1.82, 2.24) is 4.98 Å². The summed E-state index contributed by atoms with van der Waals surface area (Å²) in [6.07, 6.45) is 0. The number of aromatic nitrogens is 1. The molecule has 1 N–H and O–H groups in total. The van der Waals surface area contributed by atoms with E-state index in [4.69, 9.17) is 11.6 Å². The van der Waals surface area contributed by atoms with Gasteiger partial charge in [0, 0.05) is 11.5 Å². The number of H-pyrrole nitrogens is 1. The summed E-state index contributed by atoms with van der Waals surface area (Å²) in [6, 6.07) is 4.41. The topological polar surface area (TPSA) is 59.2 Å². The van der Waals surface area contributed by atoms with Crippen LogP contribution >= 0.6 is 27.5 Å². The average molecular weight is 317 g/mol. The second kappa shape index (κ2) is 4.50. The molecule has 0 aliphatic rings. The third-order valence-corrected chi connectivity index (χ3v) is 3.67. The number of benzene rings is 1. The van der Waals surface area contributed by atoms with Crippen LogP contribution in [0.25, 0.3) is 10.9 Å². The molecule has 2 aromatic rings. The van der Waals surface area contributed by atoms with Gasteiger partial charge in [-0.1, -0.05) is 11.6 Å². The molecule has 1 heterocycles. The van der Waals surface area contributed by atoms with E-state index in [-0.39, 0.29) is 11.1 Å². The first-order chi connectivity index (χ1) is 8.04. The van der Waals surface area contributed by atoms with Crippen molar-refractivity contribution in [3.63, 3.8) is 0 Å². The lowest BCUT2D eigenvalue weighted by molar-refractivity contribution is 0.0594. The molecule has 0 saturated heterocycles. The van der Waals surface area contributed by atoms with E-state index in [1.807, 2.05) is 0 Å². The molecule has 0 unspecified atom stereocenters. The van der Waals surface area contributed by atoms with Crippen molar-refractivity contribution in [3.8, 4) is 0 Å². The molecule has 4 nitrogen and oxygen atoms in total. The quantitative estimate of drug-likeness (QED) is 0.823. The number of methoxy groups -OCH3 is 1. The van der Waals surface area contributed by atoms with Crippen LogP contribution in [0.3, 0.4) is 0 Å². The number of rotatable bonds is 1. The van der Waals surface area contributed by atoms with E-state index < -0.39 is 5.97 Å². The number of nitrogens with one attached hydrogen (secondary N) is 1. The van der Waals surface area contributed by atoms with E-state index in [0.29, 0.717) is 20.4 Å². The Bertz CT molecular complexity index is 666. The standard InChI is InChI=1S/C11H7BrClNO3/c1-17-11(16)7-4-8(15)5-2-3-6(13)9(12)10(5)14-7/h2-4H,1H3,(H,14,15). The first-order valence-electron chi connectivity index (χ1n) is 4.64. The van der Waals surface area contributed by atoms with Crippen molar-refractivity contribution in [1.29, 1.82) is 0 Å². The van der Waals surface area contributed by atoms with Gasteiger partial charge in [-0.15, -0.1) is 0 Å². The van der Waals surface area contributed by atoms with Crippen LogP contribution in [0, 0.1) is 0 Å². The number of pyridine rings is 1. The fourth-order valence-electron chi connectivity index (χ4n) is 1.48. The molecule has 17 heavy (non-hydrogen) atoms. The number of aromatic amines is 1. The molecule has 0 saturated carbocycles. The van der Waals surface area contributed by atoms with Gasteiger partial charge in [-0.25, -0.2) is 4.79 Å². The van der Waals surface area contributed by atoms with Crippen molar-refractivity contribution < 1.29 is 9.53 Å². The molecule has 0 amide bonds. The Labute approximate surface area is 110 Å². The highest BCUT2D eigenvalue weighted by molar-refractivity contribution is 9.10. The van der Waals surface area contributed by atoms with Gasteiger partial charge in [0.15, 0.2) is 5.43 Å². The van der Waals surface area contributed by atoms with Crippen LogP contribution < -0.4 is 5.43 Å². The van der Waals surface area contributed by atoms with Gasteiger partial charge in [0.05, 0.1) is 22.1 Å². The minimum absolute atomic E-state index is 0.0907. The fraction of sp³-hybridized carbons (Fsp3) is 0.0909. The van der Waals surface area contributed by atoms with Crippen molar-refractivity contribution in [2.24, 2.45) is 0 Å². The summed E-state index contributed by atoms with van der Waals surface area (Å²) in [5.74, 6) is -0.601. The number of ether oxygens (including phenoxy) is 1. The van der Waals surface area contributed by atoms with Gasteiger partial charge in [-0.3, -0.25) is 4.79 Å². The molecule has 0 radical (unpaired) electrons. The first-order valence-corrected chi connectivity index (χ1v) is 5.81. The van der Waals surface area contributed by atoms with Crippen LogP contribution in [0.1, 0.15) is 10.5 Å². The highest BCUT2D eigenvalue weighted by Gasteiger charge is 2.12. The van der Waals surface area contributed by atoms with E-state index in [9.17, 15) is 9.59 Å². The molecule has 88 valence electrons. The van der Waals surface area contributed by atoms with Crippen molar-refractivity contribution >= 4 is 44.4 Å². The monoisotopic (exact) mass is 315 g/mol. The van der Waals surface area contributed by atoms with Crippen LogP contribution in [-0.4, -0.2) is 18.1 Å². The van der Waals surface area contributed by atoms with Gasteiger partial charge in [0.2, 0.25) is 0 Å². The van der Waals surface area contributed by atoms with E-state index in [1.54, 1.807) is 12.1 Å². The largest absolute Gasteiger partial charge is 0.464 e. The second-order valence-corrected chi connectivity index (χ2v) is 4.52. The Morgan fingerprint density at radius 2 is 2.18 bits per heavy atom. The van der Waals surface area contributed by atoms with Gasteiger partial charge >= 0.3 is 5.97 Å². The maximum Gasteiger partial charge on any atom is 0.354 e. The lowest BCUT2D eigenvalue weighted by Crippen LogP contribution is -2.11. The van der Waals surface area contributed by atoms with Crippen LogP contribution in [-0.2, 0) is 4.74 Å².